The Labute approximate surface area is 338 Å². The first-order chi connectivity index (χ1) is 27.5. The molecule has 13 nitrogen and oxygen atoms in total. The van der Waals surface area contributed by atoms with Crippen LogP contribution < -0.4 is 35.2 Å². The molecule has 0 aliphatic heterocycles. The predicted octanol–water partition coefficient (Wildman–Crippen LogP) is 4.39. The van der Waals surface area contributed by atoms with Gasteiger partial charge in [0.15, 0.2) is 0 Å². The molecule has 1 atom stereocenters. The first-order valence-corrected chi connectivity index (χ1v) is 18.6. The largest absolute Gasteiger partial charge is 0.497 e. The van der Waals surface area contributed by atoms with E-state index in [2.05, 4.69) is 52.0 Å². The van der Waals surface area contributed by atoms with E-state index < -0.39 is 0 Å². The number of amides is 4. The fraction of sp³-hybridized carbons (Fsp3) is 0.341. The van der Waals surface area contributed by atoms with Gasteiger partial charge in [0.2, 0.25) is 24.6 Å². The molecule has 0 radical (unpaired) electrons. The molecule has 0 saturated heterocycles. The van der Waals surface area contributed by atoms with Crippen molar-refractivity contribution in [3.63, 3.8) is 0 Å². The molecule has 0 heterocycles. The Kier molecular flexibility index (Phi) is 25.7. The fourth-order valence-electron chi connectivity index (χ4n) is 4.92. The molecule has 0 aliphatic carbocycles. The minimum Gasteiger partial charge on any atom is -0.497 e. The number of aryl methyl sites for hydroxylation is 1. The number of carbonyl (C=O) groups is 5. The monoisotopic (exact) mass is 784 g/mol. The summed E-state index contributed by atoms with van der Waals surface area (Å²) in [6.45, 7) is 4.66. The number of ether oxygens (including phenoxy) is 2. The minimum atomic E-state index is -0.353. The standard InChI is InChI=1S/C18H26N4O4.C9H11NO2.C9H13NO.C8H10/c1-15(11-16-5-3-2-4-6-16)21-18(26)13-22(9-7-19-14-24)12-17(25)20-8-10-23;1-10(7-11)8-3-5-9(12-2)6-4-8;1-10(2)8-4-6-9(11-3)7-5-8;1-2-8-6-4-3-5-7-8/h2-6,10,14-15H,7-9,11-13H2,1H3,(H,19,24)(H,20,25)(H,21,26);3-7H,1-2H3;4-7H,1-3H3;3-7H,2H2,1H3. The zero-order valence-corrected chi connectivity index (χ0v) is 34.4. The van der Waals surface area contributed by atoms with Gasteiger partial charge in [-0.15, -0.1) is 0 Å². The smallest absolute Gasteiger partial charge is 0.234 e. The number of anilines is 2. The Morgan fingerprint density at radius 2 is 1.21 bits per heavy atom. The number of hydrogen-bond donors (Lipinski definition) is 3. The molecule has 4 rings (SSSR count). The van der Waals surface area contributed by atoms with Gasteiger partial charge in [-0.1, -0.05) is 67.6 Å². The lowest BCUT2D eigenvalue weighted by Crippen LogP contribution is -2.47. The lowest BCUT2D eigenvalue weighted by molar-refractivity contribution is -0.126. The van der Waals surface area contributed by atoms with Crippen LogP contribution >= 0.6 is 0 Å². The Morgan fingerprint density at radius 1 is 0.702 bits per heavy atom. The first kappa shape index (κ1) is 48.8. The van der Waals surface area contributed by atoms with Gasteiger partial charge in [0.1, 0.15) is 17.8 Å². The molecule has 0 saturated carbocycles. The van der Waals surface area contributed by atoms with Crippen molar-refractivity contribution in [3.05, 3.63) is 120 Å². The zero-order chi connectivity index (χ0) is 42.3. The number of nitrogens with zero attached hydrogens (tertiary/aromatic N) is 3. The van der Waals surface area contributed by atoms with Gasteiger partial charge in [0.25, 0.3) is 0 Å². The maximum atomic E-state index is 12.3. The summed E-state index contributed by atoms with van der Waals surface area (Å²) >= 11 is 0. The third kappa shape index (κ3) is 22.7. The van der Waals surface area contributed by atoms with Crippen LogP contribution in [-0.2, 0) is 36.8 Å². The van der Waals surface area contributed by atoms with E-state index >= 15 is 0 Å². The Morgan fingerprint density at radius 3 is 1.65 bits per heavy atom. The van der Waals surface area contributed by atoms with Crippen LogP contribution in [0, 0.1) is 0 Å². The Bertz CT molecular complexity index is 1680. The molecule has 1 unspecified atom stereocenters. The maximum Gasteiger partial charge on any atom is 0.234 e. The third-order valence-electron chi connectivity index (χ3n) is 8.04. The average molecular weight is 785 g/mol. The van der Waals surface area contributed by atoms with E-state index in [4.69, 9.17) is 9.47 Å². The van der Waals surface area contributed by atoms with Crippen LogP contribution in [0.25, 0.3) is 0 Å². The molecule has 3 N–H and O–H groups in total. The molecule has 0 aromatic heterocycles. The summed E-state index contributed by atoms with van der Waals surface area (Å²) < 4.78 is 10.0. The van der Waals surface area contributed by atoms with Crippen molar-refractivity contribution < 1.29 is 33.4 Å². The van der Waals surface area contributed by atoms with Gasteiger partial charge in [-0.2, -0.15) is 0 Å². The summed E-state index contributed by atoms with van der Waals surface area (Å²) in [5.41, 5.74) is 4.57. The molecule has 4 aromatic rings. The summed E-state index contributed by atoms with van der Waals surface area (Å²) in [5, 5.41) is 7.84. The molecule has 57 heavy (non-hydrogen) atoms. The van der Waals surface area contributed by atoms with Crippen LogP contribution in [0.2, 0.25) is 0 Å². The van der Waals surface area contributed by atoms with Gasteiger partial charge in [0.05, 0.1) is 33.9 Å². The summed E-state index contributed by atoms with van der Waals surface area (Å²) in [7, 11) is 9.02. The lowest BCUT2D eigenvalue weighted by Gasteiger charge is -2.22. The highest BCUT2D eigenvalue weighted by molar-refractivity contribution is 5.82. The lowest BCUT2D eigenvalue weighted by atomic mass is 10.1. The highest BCUT2D eigenvalue weighted by atomic mass is 16.5. The van der Waals surface area contributed by atoms with Crippen molar-refractivity contribution in [2.45, 2.75) is 32.7 Å². The number of carbonyl (C=O) groups excluding carboxylic acids is 5. The van der Waals surface area contributed by atoms with Gasteiger partial charge < -0.3 is 40.0 Å². The van der Waals surface area contributed by atoms with Crippen molar-refractivity contribution in [1.29, 1.82) is 0 Å². The average Bonchev–Trinajstić information content (AvgIpc) is 3.24. The SMILES string of the molecule is CC(Cc1ccccc1)NC(=O)CN(CCNC=O)CC(=O)NCC=O.CCc1ccccc1.COc1ccc(N(C)C)cc1.COc1ccc(N(C)C=O)cc1. The quantitative estimate of drug-likeness (QED) is 0.0930. The van der Waals surface area contributed by atoms with E-state index in [0.29, 0.717) is 32.2 Å². The molecule has 0 bridgehead atoms. The molecule has 4 amide bonds. The predicted molar refractivity (Wildman–Crippen MR) is 228 cm³/mol. The molecule has 308 valence electrons. The second-order valence-corrected chi connectivity index (χ2v) is 12.8. The van der Waals surface area contributed by atoms with Gasteiger partial charge in [0, 0.05) is 51.6 Å². The van der Waals surface area contributed by atoms with Crippen molar-refractivity contribution >= 4 is 42.3 Å². The Balaban J connectivity index is 0.000000430. The summed E-state index contributed by atoms with van der Waals surface area (Å²) in [6.07, 6.45) is 3.77. The molecular weight excluding hydrogens is 725 g/mol. The zero-order valence-electron chi connectivity index (χ0n) is 34.4. The number of rotatable bonds is 19. The van der Waals surface area contributed by atoms with E-state index in [0.717, 1.165) is 35.6 Å². The summed E-state index contributed by atoms with van der Waals surface area (Å²) in [5.74, 6) is 1.13. The van der Waals surface area contributed by atoms with Gasteiger partial charge in [-0.3, -0.25) is 24.1 Å². The second-order valence-electron chi connectivity index (χ2n) is 12.8. The van der Waals surface area contributed by atoms with Gasteiger partial charge in [-0.05, 0) is 79.4 Å². The van der Waals surface area contributed by atoms with Crippen LogP contribution in [0.15, 0.2) is 109 Å². The molecule has 0 fully saturated rings. The topological polar surface area (TPSA) is 150 Å². The van der Waals surface area contributed by atoms with Gasteiger partial charge >= 0.3 is 0 Å². The highest BCUT2D eigenvalue weighted by Gasteiger charge is 2.16. The molecule has 0 spiro atoms. The van der Waals surface area contributed by atoms with E-state index in [-0.39, 0.29) is 37.5 Å². The van der Waals surface area contributed by atoms with E-state index in [1.54, 1.807) is 26.2 Å². The third-order valence-corrected chi connectivity index (χ3v) is 8.04. The summed E-state index contributed by atoms with van der Waals surface area (Å²) in [4.78, 5) is 60.2. The van der Waals surface area contributed by atoms with Crippen LogP contribution in [-0.4, -0.2) is 110 Å². The number of methoxy groups -OCH3 is 2. The van der Waals surface area contributed by atoms with Crippen molar-refractivity contribution in [3.8, 4) is 11.5 Å². The van der Waals surface area contributed by atoms with Crippen LogP contribution in [0.3, 0.4) is 0 Å². The summed E-state index contributed by atoms with van der Waals surface area (Å²) in [6, 6.07) is 35.5. The number of nitrogens with one attached hydrogen (secondary N) is 3. The van der Waals surface area contributed by atoms with E-state index in [1.165, 1.54) is 16.2 Å². The van der Waals surface area contributed by atoms with Gasteiger partial charge in [-0.25, -0.2) is 0 Å². The van der Waals surface area contributed by atoms with Crippen LogP contribution in [0.5, 0.6) is 11.5 Å². The number of hydrogen-bond acceptors (Lipinski definition) is 9. The molecule has 0 aliphatic rings. The van der Waals surface area contributed by atoms with E-state index in [1.807, 2.05) is 106 Å². The van der Waals surface area contributed by atoms with Crippen molar-refractivity contribution in [2.75, 3.05) is 77.9 Å². The van der Waals surface area contributed by atoms with Crippen LogP contribution in [0.4, 0.5) is 11.4 Å². The van der Waals surface area contributed by atoms with Crippen molar-refractivity contribution in [1.82, 2.24) is 20.9 Å². The maximum absolute atomic E-state index is 12.3. The van der Waals surface area contributed by atoms with Crippen LogP contribution in [0.1, 0.15) is 25.0 Å². The Hall–Kier alpha value is -6.21. The second kappa shape index (κ2) is 30.1. The first-order valence-electron chi connectivity index (χ1n) is 18.6. The minimum absolute atomic E-state index is 0.0220. The number of benzene rings is 4. The normalized spacial score (nSPS) is 10.2. The molecule has 4 aromatic carbocycles. The van der Waals surface area contributed by atoms with Crippen molar-refractivity contribution in [2.24, 2.45) is 0 Å². The highest BCUT2D eigenvalue weighted by Crippen LogP contribution is 2.17. The fourth-order valence-corrected chi connectivity index (χ4v) is 4.92. The number of aldehydes is 1. The molecule has 13 heteroatoms. The molecular formula is C44H60N6O7. The van der Waals surface area contributed by atoms with E-state index in [9.17, 15) is 24.0 Å².